The van der Waals surface area contributed by atoms with Crippen LogP contribution in [0.3, 0.4) is 0 Å². The van der Waals surface area contributed by atoms with E-state index in [1.54, 1.807) is 18.2 Å². The zero-order valence-corrected chi connectivity index (χ0v) is 15.1. The van der Waals surface area contributed by atoms with Gasteiger partial charge in [0, 0.05) is 29.3 Å². The van der Waals surface area contributed by atoms with E-state index in [0.29, 0.717) is 40.4 Å². The summed E-state index contributed by atoms with van der Waals surface area (Å²) in [6.07, 6.45) is 2.18. The maximum absolute atomic E-state index is 12.7. The van der Waals surface area contributed by atoms with Crippen molar-refractivity contribution in [1.29, 1.82) is 0 Å². The second-order valence-corrected chi connectivity index (χ2v) is 7.10. The molecule has 0 atom stereocenters. The highest BCUT2D eigenvalue weighted by atomic mass is 16.3. The van der Waals surface area contributed by atoms with Crippen molar-refractivity contribution in [2.75, 3.05) is 5.32 Å². The lowest BCUT2D eigenvalue weighted by Gasteiger charge is -2.09. The normalized spacial score (nSPS) is 14.1. The Morgan fingerprint density at radius 2 is 2.12 bits per heavy atom. The number of anilines is 1. The molecule has 2 aromatic heterocycles. The van der Waals surface area contributed by atoms with Crippen LogP contribution in [0.5, 0.6) is 0 Å². The van der Waals surface area contributed by atoms with Crippen molar-refractivity contribution >= 4 is 28.5 Å². The summed E-state index contributed by atoms with van der Waals surface area (Å²) in [5, 5.41) is 2.89. The Balaban J connectivity index is 1.62. The molecule has 0 fully saturated rings. The van der Waals surface area contributed by atoms with Crippen molar-refractivity contribution in [2.45, 2.75) is 46.0 Å². The highest BCUT2D eigenvalue weighted by Crippen LogP contribution is 2.28. The van der Waals surface area contributed by atoms with E-state index >= 15 is 0 Å². The van der Waals surface area contributed by atoms with Crippen LogP contribution in [-0.2, 0) is 6.42 Å². The summed E-state index contributed by atoms with van der Waals surface area (Å²) in [5.41, 5.74) is 4.80. The number of aromatic nitrogens is 2. The van der Waals surface area contributed by atoms with Gasteiger partial charge in [0.25, 0.3) is 5.91 Å². The Hall–Kier alpha value is -2.89. The number of hydrogen-bond donors (Lipinski definition) is 2. The van der Waals surface area contributed by atoms with Crippen LogP contribution in [0.25, 0.3) is 11.1 Å². The molecule has 2 N–H and O–H groups in total. The molecule has 1 aromatic carbocycles. The number of Topliss-reactive ketones (excluding diaryl/α,β-unsaturated/α-hetero) is 1. The SMILES string of the molecule is Cc1c(C(=O)Nc2ccc3oc(C(C)C)nc3c2)[nH]c2c1C(=O)CCC2. The number of hydrogen-bond acceptors (Lipinski definition) is 4. The Bertz CT molecular complexity index is 1030. The van der Waals surface area contributed by atoms with Crippen LogP contribution in [-0.4, -0.2) is 21.7 Å². The van der Waals surface area contributed by atoms with E-state index in [0.717, 1.165) is 24.1 Å². The third-order valence-electron chi connectivity index (χ3n) is 4.82. The van der Waals surface area contributed by atoms with Crippen LogP contribution in [0, 0.1) is 6.92 Å². The number of ketones is 1. The van der Waals surface area contributed by atoms with Gasteiger partial charge in [-0.2, -0.15) is 0 Å². The molecule has 6 nitrogen and oxygen atoms in total. The molecule has 1 amide bonds. The van der Waals surface area contributed by atoms with Gasteiger partial charge in [-0.25, -0.2) is 4.98 Å². The van der Waals surface area contributed by atoms with Gasteiger partial charge in [0.1, 0.15) is 11.2 Å². The topological polar surface area (TPSA) is 88.0 Å². The molecule has 0 bridgehead atoms. The van der Waals surface area contributed by atoms with Gasteiger partial charge in [-0.1, -0.05) is 13.8 Å². The number of rotatable bonds is 3. The lowest BCUT2D eigenvalue weighted by Crippen LogP contribution is -2.14. The molecular formula is C20H21N3O3. The molecule has 6 heteroatoms. The molecule has 1 aliphatic carbocycles. The Labute approximate surface area is 151 Å². The van der Waals surface area contributed by atoms with Crippen LogP contribution in [0.15, 0.2) is 22.6 Å². The van der Waals surface area contributed by atoms with Gasteiger partial charge >= 0.3 is 0 Å². The van der Waals surface area contributed by atoms with Crippen LogP contribution < -0.4 is 5.32 Å². The fraction of sp³-hybridized carbons (Fsp3) is 0.350. The molecule has 0 saturated heterocycles. The van der Waals surface area contributed by atoms with Crippen molar-refractivity contribution in [3.05, 3.63) is 46.6 Å². The summed E-state index contributed by atoms with van der Waals surface area (Å²) in [4.78, 5) is 32.4. The molecule has 0 radical (unpaired) electrons. The number of aryl methyl sites for hydroxylation is 1. The highest BCUT2D eigenvalue weighted by molar-refractivity contribution is 6.08. The minimum absolute atomic E-state index is 0.115. The zero-order chi connectivity index (χ0) is 18.4. The van der Waals surface area contributed by atoms with Gasteiger partial charge in [-0.05, 0) is 43.5 Å². The van der Waals surface area contributed by atoms with E-state index in [9.17, 15) is 9.59 Å². The predicted molar refractivity (Wildman–Crippen MR) is 98.8 cm³/mol. The van der Waals surface area contributed by atoms with Crippen molar-refractivity contribution in [2.24, 2.45) is 0 Å². The first-order chi connectivity index (χ1) is 12.4. The molecule has 2 heterocycles. The largest absolute Gasteiger partial charge is 0.440 e. The second-order valence-electron chi connectivity index (χ2n) is 7.10. The Morgan fingerprint density at radius 1 is 1.31 bits per heavy atom. The summed E-state index contributed by atoms with van der Waals surface area (Å²) in [6.45, 7) is 5.86. The van der Waals surface area contributed by atoms with Crippen LogP contribution in [0.4, 0.5) is 5.69 Å². The number of amides is 1. The number of benzene rings is 1. The first-order valence-corrected chi connectivity index (χ1v) is 8.90. The minimum Gasteiger partial charge on any atom is -0.440 e. The van der Waals surface area contributed by atoms with Crippen LogP contribution >= 0.6 is 0 Å². The van der Waals surface area contributed by atoms with E-state index in [1.807, 2.05) is 20.8 Å². The fourth-order valence-electron chi connectivity index (χ4n) is 3.46. The fourth-order valence-corrected chi connectivity index (χ4v) is 3.46. The van der Waals surface area contributed by atoms with E-state index in [4.69, 9.17) is 4.42 Å². The molecule has 134 valence electrons. The molecule has 0 spiro atoms. The molecule has 1 aliphatic rings. The van der Waals surface area contributed by atoms with Crippen molar-refractivity contribution in [1.82, 2.24) is 9.97 Å². The number of nitrogens with zero attached hydrogens (tertiary/aromatic N) is 1. The lowest BCUT2D eigenvalue weighted by molar-refractivity contribution is 0.0971. The molecule has 0 aliphatic heterocycles. The number of oxazole rings is 1. The number of fused-ring (bicyclic) bond motifs is 2. The zero-order valence-electron chi connectivity index (χ0n) is 15.1. The van der Waals surface area contributed by atoms with Crippen LogP contribution in [0.1, 0.15) is 70.6 Å². The van der Waals surface area contributed by atoms with E-state index in [2.05, 4.69) is 15.3 Å². The first-order valence-electron chi connectivity index (χ1n) is 8.90. The minimum atomic E-state index is -0.253. The van der Waals surface area contributed by atoms with Gasteiger partial charge in [-0.15, -0.1) is 0 Å². The van der Waals surface area contributed by atoms with Gasteiger partial charge in [-0.3, -0.25) is 9.59 Å². The molecule has 0 unspecified atom stereocenters. The summed E-state index contributed by atoms with van der Waals surface area (Å²) in [5.74, 6) is 0.738. The molecular weight excluding hydrogens is 330 g/mol. The van der Waals surface area contributed by atoms with Gasteiger partial charge in [0.15, 0.2) is 17.3 Å². The predicted octanol–water partition coefficient (Wildman–Crippen LogP) is 4.36. The van der Waals surface area contributed by atoms with Crippen molar-refractivity contribution < 1.29 is 14.0 Å². The summed E-state index contributed by atoms with van der Waals surface area (Å²) in [6, 6.07) is 5.39. The maximum Gasteiger partial charge on any atom is 0.272 e. The van der Waals surface area contributed by atoms with E-state index < -0.39 is 0 Å². The highest BCUT2D eigenvalue weighted by Gasteiger charge is 2.26. The number of nitrogens with one attached hydrogen (secondary N) is 2. The third-order valence-corrected chi connectivity index (χ3v) is 4.82. The summed E-state index contributed by atoms with van der Waals surface area (Å²) >= 11 is 0. The molecule has 0 saturated carbocycles. The van der Waals surface area contributed by atoms with Crippen LogP contribution in [0.2, 0.25) is 0 Å². The van der Waals surface area contributed by atoms with Gasteiger partial charge in [0.05, 0.1) is 0 Å². The number of aromatic amines is 1. The number of H-pyrrole nitrogens is 1. The third kappa shape index (κ3) is 2.71. The standard InChI is InChI=1S/C20H21N3O3/c1-10(2)20-23-14-9-12(7-8-16(14)26-20)21-19(25)18-11(3)17-13(22-18)5-4-6-15(17)24/h7-10,22H,4-6H2,1-3H3,(H,21,25). The van der Waals surface area contributed by atoms with Crippen molar-refractivity contribution in [3.63, 3.8) is 0 Å². The van der Waals surface area contributed by atoms with E-state index in [-0.39, 0.29) is 17.6 Å². The molecule has 4 rings (SSSR count). The van der Waals surface area contributed by atoms with Gasteiger partial charge < -0.3 is 14.7 Å². The quantitative estimate of drug-likeness (QED) is 0.734. The maximum atomic E-state index is 12.7. The number of carbonyl (C=O) groups excluding carboxylic acids is 2. The average Bonchev–Trinajstić information content (AvgIpc) is 3.17. The Kier molecular flexibility index (Phi) is 3.90. The summed E-state index contributed by atoms with van der Waals surface area (Å²) < 4.78 is 5.69. The Morgan fingerprint density at radius 3 is 2.85 bits per heavy atom. The first kappa shape index (κ1) is 16.6. The lowest BCUT2D eigenvalue weighted by atomic mass is 9.94. The number of carbonyl (C=O) groups is 2. The molecule has 26 heavy (non-hydrogen) atoms. The van der Waals surface area contributed by atoms with E-state index in [1.165, 1.54) is 0 Å². The smallest absolute Gasteiger partial charge is 0.272 e. The summed E-state index contributed by atoms with van der Waals surface area (Å²) in [7, 11) is 0. The molecule has 3 aromatic rings. The second kappa shape index (κ2) is 6.12. The van der Waals surface area contributed by atoms with Gasteiger partial charge in [0.2, 0.25) is 0 Å². The van der Waals surface area contributed by atoms with Crippen molar-refractivity contribution in [3.8, 4) is 0 Å². The average molecular weight is 351 g/mol. The monoisotopic (exact) mass is 351 g/mol.